The van der Waals surface area contributed by atoms with Crippen LogP contribution in [0.1, 0.15) is 5.56 Å². The summed E-state index contributed by atoms with van der Waals surface area (Å²) in [5.74, 6) is -0.418. The van der Waals surface area contributed by atoms with Crippen LogP contribution >= 0.6 is 11.6 Å². The Morgan fingerprint density at radius 2 is 1.73 bits per heavy atom. The molecule has 0 amide bonds. The van der Waals surface area contributed by atoms with E-state index >= 15 is 0 Å². The van der Waals surface area contributed by atoms with Gasteiger partial charge in [-0.15, -0.1) is 5.10 Å². The molecule has 0 radical (unpaired) electrons. The van der Waals surface area contributed by atoms with Crippen molar-refractivity contribution in [3.05, 3.63) is 73.6 Å². The third-order valence-electron chi connectivity index (χ3n) is 4.64. The highest BCUT2D eigenvalue weighted by Gasteiger charge is 2.16. The van der Waals surface area contributed by atoms with Gasteiger partial charge in [-0.05, 0) is 35.9 Å². The number of benzene rings is 2. The van der Waals surface area contributed by atoms with Crippen LogP contribution in [0.2, 0.25) is 5.02 Å². The largest absolute Gasteiger partial charge is 0.491 e. The molecule has 0 bridgehead atoms. The van der Waals surface area contributed by atoms with Gasteiger partial charge in [-0.1, -0.05) is 23.7 Å². The lowest BCUT2D eigenvalue weighted by Gasteiger charge is -2.13. The normalized spacial score (nSPS) is 11.3. The zero-order valence-electron chi connectivity index (χ0n) is 17.9. The summed E-state index contributed by atoms with van der Waals surface area (Å²) in [6.45, 7) is 0.133. The summed E-state index contributed by atoms with van der Waals surface area (Å²) in [4.78, 5) is 30.7. The van der Waals surface area contributed by atoms with Crippen LogP contribution < -0.4 is 15.9 Å². The standard InChI is InChI=1S/C20H17ClN4O3.CH4O3S/c1-24(2)13-6-3-11(4-7-13)10-25-20(28)16-17(19(27)23-25)22-15-9-12(21)5-8-14(15)18(16)26;1-5(2,3)4/h3-9H,10H2,1-2H3,(H,22,26)(H,23,27);1H3,(H,2,3,4). The second-order valence-electron chi connectivity index (χ2n) is 7.47. The van der Waals surface area contributed by atoms with E-state index in [0.717, 1.165) is 15.9 Å². The maximum atomic E-state index is 12.9. The van der Waals surface area contributed by atoms with Crippen LogP contribution in [-0.4, -0.2) is 53.2 Å². The second kappa shape index (κ2) is 9.22. The Balaban J connectivity index is 0.000000555. The van der Waals surface area contributed by atoms with Crippen LogP contribution in [0.4, 0.5) is 5.69 Å². The number of hydrogen-bond donors (Lipinski definition) is 3. The Kier molecular flexibility index (Phi) is 6.77. The van der Waals surface area contributed by atoms with E-state index in [9.17, 15) is 23.1 Å². The Hall–Kier alpha value is -3.41. The van der Waals surface area contributed by atoms with Crippen LogP contribution in [0, 0.1) is 0 Å². The van der Waals surface area contributed by atoms with Gasteiger partial charge in [0.05, 0.1) is 18.3 Å². The lowest BCUT2D eigenvalue weighted by Crippen LogP contribution is -2.28. The molecule has 0 spiro atoms. The lowest BCUT2D eigenvalue weighted by atomic mass is 10.1. The minimum atomic E-state index is -3.67. The third kappa shape index (κ3) is 5.69. The third-order valence-corrected chi connectivity index (χ3v) is 4.87. The first-order valence-electron chi connectivity index (χ1n) is 9.49. The van der Waals surface area contributed by atoms with E-state index < -0.39 is 27.0 Å². The summed E-state index contributed by atoms with van der Waals surface area (Å²) in [5.41, 5.74) is 1.24. The first-order chi connectivity index (χ1) is 15.3. The summed E-state index contributed by atoms with van der Waals surface area (Å²) in [6, 6.07) is 12.3. The quantitative estimate of drug-likeness (QED) is 0.291. The number of aromatic nitrogens is 3. The Bertz CT molecular complexity index is 1550. The summed E-state index contributed by atoms with van der Waals surface area (Å²) in [7, 11) is 0.207. The minimum Gasteiger partial charge on any atom is -0.491 e. The number of nitrogens with one attached hydrogen (secondary N) is 1. The van der Waals surface area contributed by atoms with Crippen LogP contribution in [0.25, 0.3) is 21.8 Å². The van der Waals surface area contributed by atoms with Crippen molar-refractivity contribution in [3.8, 4) is 5.88 Å². The second-order valence-corrected chi connectivity index (χ2v) is 9.38. The number of H-pyrrole nitrogens is 1. The monoisotopic (exact) mass is 492 g/mol. The molecule has 2 aromatic carbocycles. The number of nitrogens with zero attached hydrogens (tertiary/aromatic N) is 3. The van der Waals surface area contributed by atoms with Gasteiger partial charge in [-0.2, -0.15) is 8.42 Å². The van der Waals surface area contributed by atoms with E-state index in [1.807, 2.05) is 43.3 Å². The van der Waals surface area contributed by atoms with E-state index in [4.69, 9.17) is 16.2 Å². The van der Waals surface area contributed by atoms with Crippen molar-refractivity contribution in [2.75, 3.05) is 25.3 Å². The van der Waals surface area contributed by atoms with E-state index in [1.54, 1.807) is 18.2 Å². The van der Waals surface area contributed by atoms with Crippen molar-refractivity contribution in [1.29, 1.82) is 0 Å². The van der Waals surface area contributed by atoms with Crippen LogP contribution in [0.15, 0.2) is 52.1 Å². The van der Waals surface area contributed by atoms with Crippen LogP contribution in [0.5, 0.6) is 5.88 Å². The molecule has 0 atom stereocenters. The fraction of sp³-hybridized carbons (Fsp3) is 0.190. The van der Waals surface area contributed by atoms with E-state index in [0.29, 0.717) is 22.2 Å². The van der Waals surface area contributed by atoms with Gasteiger partial charge in [0.15, 0.2) is 0 Å². The summed E-state index contributed by atoms with van der Waals surface area (Å²) in [6.07, 6.45) is 0.715. The smallest absolute Gasteiger partial charge is 0.280 e. The lowest BCUT2D eigenvalue weighted by molar-refractivity contribution is 0.431. The van der Waals surface area contributed by atoms with E-state index in [1.165, 1.54) is 0 Å². The van der Waals surface area contributed by atoms with Gasteiger partial charge in [0.1, 0.15) is 10.9 Å². The Morgan fingerprint density at radius 3 is 2.30 bits per heavy atom. The minimum absolute atomic E-state index is 0.00368. The number of anilines is 1. The number of pyridine rings is 1. The molecule has 0 fully saturated rings. The van der Waals surface area contributed by atoms with Crippen molar-refractivity contribution in [2.24, 2.45) is 0 Å². The molecule has 4 rings (SSSR count). The van der Waals surface area contributed by atoms with Gasteiger partial charge >= 0.3 is 0 Å². The zero-order chi connectivity index (χ0) is 24.5. The first kappa shape index (κ1) is 24.2. The van der Waals surface area contributed by atoms with Crippen molar-refractivity contribution in [2.45, 2.75) is 6.54 Å². The molecule has 0 aliphatic rings. The predicted molar refractivity (Wildman–Crippen MR) is 128 cm³/mol. The number of hydrogen-bond acceptors (Lipinski definition) is 7. The molecule has 3 N–H and O–H groups in total. The average molecular weight is 493 g/mol. The molecule has 0 saturated carbocycles. The highest BCUT2D eigenvalue weighted by molar-refractivity contribution is 7.85. The molecule has 2 heterocycles. The molecule has 0 unspecified atom stereocenters. The highest BCUT2D eigenvalue weighted by Crippen LogP contribution is 2.21. The maximum absolute atomic E-state index is 12.9. The van der Waals surface area contributed by atoms with Gasteiger partial charge in [-0.25, -0.2) is 4.68 Å². The van der Waals surface area contributed by atoms with Crippen molar-refractivity contribution < 1.29 is 18.1 Å². The van der Waals surface area contributed by atoms with E-state index in [2.05, 4.69) is 10.1 Å². The topological polar surface area (TPSA) is 146 Å². The molecular formula is C21H21ClN4O6S. The van der Waals surface area contributed by atoms with Crippen LogP contribution in [-0.2, 0) is 16.7 Å². The fourth-order valence-electron chi connectivity index (χ4n) is 3.15. The number of fused-ring (bicyclic) bond motifs is 2. The molecule has 0 aliphatic carbocycles. The zero-order valence-corrected chi connectivity index (χ0v) is 19.5. The molecule has 2 aromatic heterocycles. The number of rotatable bonds is 3. The molecule has 0 saturated heterocycles. The van der Waals surface area contributed by atoms with Crippen molar-refractivity contribution in [1.82, 2.24) is 14.8 Å². The highest BCUT2D eigenvalue weighted by atomic mass is 35.5. The molecule has 12 heteroatoms. The van der Waals surface area contributed by atoms with Crippen LogP contribution in [0.3, 0.4) is 0 Å². The number of aromatic amines is 1. The summed E-state index contributed by atoms with van der Waals surface area (Å²) in [5, 5.41) is 14.9. The number of aromatic hydroxyl groups is 1. The Morgan fingerprint density at radius 1 is 1.12 bits per heavy atom. The van der Waals surface area contributed by atoms with Gasteiger partial charge in [0.2, 0.25) is 5.43 Å². The van der Waals surface area contributed by atoms with Gasteiger partial charge in [0.25, 0.3) is 21.6 Å². The SMILES string of the molecule is CN(C)c1ccc(Cn2nc(O)c3[nH]c4cc(Cl)ccc4c(=O)c3c2=O)cc1.CS(=O)(=O)O. The molecule has 33 heavy (non-hydrogen) atoms. The average Bonchev–Trinajstić information content (AvgIpc) is 2.70. The maximum Gasteiger partial charge on any atom is 0.280 e. The molecule has 4 aromatic rings. The fourth-order valence-corrected chi connectivity index (χ4v) is 3.33. The predicted octanol–water partition coefficient (Wildman–Crippen LogP) is 2.22. The van der Waals surface area contributed by atoms with Crippen molar-refractivity contribution >= 4 is 49.2 Å². The van der Waals surface area contributed by atoms with Crippen molar-refractivity contribution in [3.63, 3.8) is 0 Å². The molecular weight excluding hydrogens is 472 g/mol. The number of halogens is 1. The van der Waals surface area contributed by atoms with Gasteiger partial charge < -0.3 is 15.0 Å². The van der Waals surface area contributed by atoms with Gasteiger partial charge in [0, 0.05) is 30.2 Å². The molecule has 174 valence electrons. The van der Waals surface area contributed by atoms with E-state index in [-0.39, 0.29) is 17.4 Å². The molecule has 0 aliphatic heterocycles. The summed E-state index contributed by atoms with van der Waals surface area (Å²) < 4.78 is 27.0. The Labute approximate surface area is 193 Å². The molecule has 10 nitrogen and oxygen atoms in total. The van der Waals surface area contributed by atoms with Gasteiger partial charge in [-0.3, -0.25) is 14.1 Å². The first-order valence-corrected chi connectivity index (χ1v) is 11.7. The summed E-state index contributed by atoms with van der Waals surface area (Å²) >= 11 is 5.97.